The summed E-state index contributed by atoms with van der Waals surface area (Å²) < 4.78 is 1.06. The van der Waals surface area contributed by atoms with Crippen molar-refractivity contribution in [2.24, 2.45) is 0 Å². The first-order valence-corrected chi connectivity index (χ1v) is 4.96. The van der Waals surface area contributed by atoms with Gasteiger partial charge in [0.25, 0.3) is 0 Å². The highest BCUT2D eigenvalue weighted by atomic mass is 127. The molecule has 1 nitrogen and oxygen atoms in total. The van der Waals surface area contributed by atoms with Crippen molar-refractivity contribution in [3.05, 3.63) is 33.4 Å². The molecule has 1 aromatic carbocycles. The normalized spacial score (nSPS) is 10.8. The summed E-state index contributed by atoms with van der Waals surface area (Å²) in [7, 11) is 0. The van der Waals surface area contributed by atoms with Gasteiger partial charge in [0, 0.05) is 3.57 Å². The van der Waals surface area contributed by atoms with Gasteiger partial charge in [-0.25, -0.2) is 0 Å². The number of allylic oxidation sites excluding steroid dienone is 1. The number of rotatable bonds is 2. The van der Waals surface area contributed by atoms with Gasteiger partial charge in [0.2, 0.25) is 0 Å². The van der Waals surface area contributed by atoms with E-state index in [1.807, 2.05) is 12.1 Å². The van der Waals surface area contributed by atoms with Crippen LogP contribution in [0.1, 0.15) is 18.9 Å². The molecule has 1 N–H and O–H groups in total. The van der Waals surface area contributed by atoms with Crippen LogP contribution in [0.15, 0.2) is 24.3 Å². The first kappa shape index (κ1) is 9.58. The molecule has 0 heterocycles. The Balaban J connectivity index is 2.93. The molecule has 0 radical (unpaired) electrons. The first-order valence-electron chi connectivity index (χ1n) is 3.88. The number of benzene rings is 1. The van der Waals surface area contributed by atoms with Gasteiger partial charge in [-0.05, 0) is 52.8 Å². The zero-order valence-corrected chi connectivity index (χ0v) is 9.08. The molecule has 0 saturated heterocycles. The summed E-state index contributed by atoms with van der Waals surface area (Å²) in [6, 6.07) is 5.53. The van der Waals surface area contributed by atoms with Gasteiger partial charge in [0.05, 0.1) is 0 Å². The third kappa shape index (κ3) is 2.85. The number of aromatic hydroxyl groups is 1. The lowest BCUT2D eigenvalue weighted by Crippen LogP contribution is -1.75. The molecule has 1 aromatic rings. The third-order valence-corrected chi connectivity index (χ3v) is 2.07. The smallest absolute Gasteiger partial charge is 0.117 e. The number of phenolic OH excluding ortho intramolecular Hbond substituents is 1. The van der Waals surface area contributed by atoms with Crippen molar-refractivity contribution >= 4 is 28.7 Å². The zero-order chi connectivity index (χ0) is 8.97. The van der Waals surface area contributed by atoms with Gasteiger partial charge in [0.15, 0.2) is 0 Å². The molecular formula is C10H11IO. The number of hydrogen-bond acceptors (Lipinski definition) is 1. The number of phenols is 1. The van der Waals surface area contributed by atoms with Gasteiger partial charge in [-0.15, -0.1) is 0 Å². The average Bonchev–Trinajstić information content (AvgIpc) is 1.99. The fourth-order valence-electron chi connectivity index (χ4n) is 0.946. The zero-order valence-electron chi connectivity index (χ0n) is 6.92. The van der Waals surface area contributed by atoms with E-state index in [4.69, 9.17) is 0 Å². The third-order valence-electron chi connectivity index (χ3n) is 1.45. The van der Waals surface area contributed by atoms with Crippen LogP contribution in [0.5, 0.6) is 5.75 Å². The van der Waals surface area contributed by atoms with E-state index in [2.05, 4.69) is 35.6 Å². The Bertz CT molecular complexity index is 272. The molecule has 0 unspecified atom stereocenters. The second-order valence-electron chi connectivity index (χ2n) is 2.55. The van der Waals surface area contributed by atoms with E-state index in [1.165, 1.54) is 0 Å². The lowest BCUT2D eigenvalue weighted by Gasteiger charge is -1.97. The Hall–Kier alpha value is -0.510. The summed E-state index contributed by atoms with van der Waals surface area (Å²) in [5, 5.41) is 9.25. The Morgan fingerprint density at radius 3 is 2.75 bits per heavy atom. The van der Waals surface area contributed by atoms with Crippen molar-refractivity contribution in [2.45, 2.75) is 13.3 Å². The van der Waals surface area contributed by atoms with Crippen LogP contribution in [0.3, 0.4) is 0 Å². The molecule has 0 saturated carbocycles. The minimum absolute atomic E-state index is 0.331. The van der Waals surface area contributed by atoms with Gasteiger partial charge in [-0.1, -0.05) is 19.1 Å². The molecule has 64 valence electrons. The molecular weight excluding hydrogens is 263 g/mol. The molecule has 0 aliphatic heterocycles. The first-order chi connectivity index (χ1) is 5.72. The maximum Gasteiger partial charge on any atom is 0.117 e. The van der Waals surface area contributed by atoms with Gasteiger partial charge in [0.1, 0.15) is 5.75 Å². The number of halogens is 1. The molecule has 0 bridgehead atoms. The second kappa shape index (κ2) is 4.50. The van der Waals surface area contributed by atoms with Crippen molar-refractivity contribution in [1.29, 1.82) is 0 Å². The summed E-state index contributed by atoms with van der Waals surface area (Å²) in [5.74, 6) is 0.331. The molecule has 0 aliphatic rings. The maximum atomic E-state index is 9.25. The molecule has 0 atom stereocenters. The van der Waals surface area contributed by atoms with E-state index in [0.717, 1.165) is 15.6 Å². The lowest BCUT2D eigenvalue weighted by molar-refractivity contribution is 0.475. The highest BCUT2D eigenvalue weighted by Crippen LogP contribution is 2.18. The van der Waals surface area contributed by atoms with Gasteiger partial charge in [-0.3, -0.25) is 0 Å². The lowest BCUT2D eigenvalue weighted by atomic mass is 10.2. The fraction of sp³-hybridized carbons (Fsp3) is 0.200. The topological polar surface area (TPSA) is 20.2 Å². The summed E-state index contributed by atoms with van der Waals surface area (Å²) in [6.07, 6.45) is 5.11. The van der Waals surface area contributed by atoms with Gasteiger partial charge >= 0.3 is 0 Å². The van der Waals surface area contributed by atoms with Crippen LogP contribution in [0.2, 0.25) is 0 Å². The van der Waals surface area contributed by atoms with Crippen LogP contribution in [-0.2, 0) is 0 Å². The van der Waals surface area contributed by atoms with Crippen LogP contribution in [-0.4, -0.2) is 5.11 Å². The number of hydrogen-bond donors (Lipinski definition) is 1. The summed E-state index contributed by atoms with van der Waals surface area (Å²) in [4.78, 5) is 0. The van der Waals surface area contributed by atoms with Crippen molar-refractivity contribution in [3.63, 3.8) is 0 Å². The highest BCUT2D eigenvalue weighted by molar-refractivity contribution is 14.1. The maximum absolute atomic E-state index is 9.25. The monoisotopic (exact) mass is 274 g/mol. The van der Waals surface area contributed by atoms with Gasteiger partial charge < -0.3 is 5.11 Å². The van der Waals surface area contributed by atoms with E-state index >= 15 is 0 Å². The Morgan fingerprint density at radius 1 is 1.42 bits per heavy atom. The van der Waals surface area contributed by atoms with E-state index in [1.54, 1.807) is 12.1 Å². The average molecular weight is 274 g/mol. The van der Waals surface area contributed by atoms with Crippen molar-refractivity contribution in [1.82, 2.24) is 0 Å². The standard InChI is InChI=1S/C10H11IO/c1-2-3-4-8-5-9(11)7-10(12)6-8/h3-7,12H,2H2,1H3. The Kier molecular flexibility index (Phi) is 3.59. The molecule has 0 fully saturated rings. The van der Waals surface area contributed by atoms with Crippen LogP contribution in [0, 0.1) is 3.57 Å². The van der Waals surface area contributed by atoms with E-state index in [0.29, 0.717) is 5.75 Å². The summed E-state index contributed by atoms with van der Waals surface area (Å²) >= 11 is 2.19. The van der Waals surface area contributed by atoms with Gasteiger partial charge in [-0.2, -0.15) is 0 Å². The Labute approximate surface area is 86.3 Å². The predicted molar refractivity (Wildman–Crippen MR) is 60.1 cm³/mol. The van der Waals surface area contributed by atoms with E-state index in [9.17, 15) is 5.11 Å². The predicted octanol–water partition coefficient (Wildman–Crippen LogP) is 3.42. The Morgan fingerprint density at radius 2 is 2.17 bits per heavy atom. The van der Waals surface area contributed by atoms with E-state index in [-0.39, 0.29) is 0 Å². The van der Waals surface area contributed by atoms with Crippen molar-refractivity contribution < 1.29 is 5.11 Å². The molecule has 12 heavy (non-hydrogen) atoms. The quantitative estimate of drug-likeness (QED) is 0.819. The molecule has 0 aromatic heterocycles. The van der Waals surface area contributed by atoms with Crippen LogP contribution in [0.4, 0.5) is 0 Å². The van der Waals surface area contributed by atoms with Crippen LogP contribution in [0.25, 0.3) is 6.08 Å². The molecule has 0 spiro atoms. The SMILES string of the molecule is CCC=Cc1cc(O)cc(I)c1. The summed E-state index contributed by atoms with van der Waals surface area (Å²) in [5.41, 5.74) is 1.06. The van der Waals surface area contributed by atoms with Crippen molar-refractivity contribution in [3.8, 4) is 5.75 Å². The largest absolute Gasteiger partial charge is 0.508 e. The fourth-order valence-corrected chi connectivity index (χ4v) is 1.63. The van der Waals surface area contributed by atoms with Crippen molar-refractivity contribution in [2.75, 3.05) is 0 Å². The molecule has 1 rings (SSSR count). The molecule has 2 heteroatoms. The van der Waals surface area contributed by atoms with Crippen LogP contribution >= 0.6 is 22.6 Å². The summed E-state index contributed by atoms with van der Waals surface area (Å²) in [6.45, 7) is 2.09. The van der Waals surface area contributed by atoms with Crippen LogP contribution < -0.4 is 0 Å². The highest BCUT2D eigenvalue weighted by Gasteiger charge is 1.93. The minimum Gasteiger partial charge on any atom is -0.508 e. The van der Waals surface area contributed by atoms with E-state index < -0.39 is 0 Å². The molecule has 0 amide bonds. The second-order valence-corrected chi connectivity index (χ2v) is 3.80. The molecule has 0 aliphatic carbocycles. The minimum atomic E-state index is 0.331.